The Kier molecular flexibility index (Phi) is 5.97. The van der Waals surface area contributed by atoms with Gasteiger partial charge in [0.25, 0.3) is 0 Å². The SMILES string of the molecule is O=C(C1CC1)N(C1CCOCC1)C1CCN(S(=O)(=O)Cc2ccc(Cl)cc2)C1. The van der Waals surface area contributed by atoms with Gasteiger partial charge in [-0.05, 0) is 49.8 Å². The summed E-state index contributed by atoms with van der Waals surface area (Å²) in [6.07, 6.45) is 4.31. The molecule has 1 aromatic carbocycles. The molecule has 0 radical (unpaired) electrons. The van der Waals surface area contributed by atoms with E-state index in [1.165, 1.54) is 0 Å². The zero-order valence-electron chi connectivity index (χ0n) is 15.9. The molecule has 1 saturated carbocycles. The predicted molar refractivity (Wildman–Crippen MR) is 107 cm³/mol. The lowest BCUT2D eigenvalue weighted by molar-refractivity contribution is -0.139. The topological polar surface area (TPSA) is 66.9 Å². The van der Waals surface area contributed by atoms with Crippen LogP contribution in [0.4, 0.5) is 0 Å². The third kappa shape index (κ3) is 4.53. The minimum absolute atomic E-state index is 0.0313. The Hall–Kier alpha value is -1.15. The Labute approximate surface area is 171 Å². The zero-order valence-corrected chi connectivity index (χ0v) is 17.5. The van der Waals surface area contributed by atoms with E-state index in [1.807, 2.05) is 4.90 Å². The lowest BCUT2D eigenvalue weighted by atomic mass is 10.0. The summed E-state index contributed by atoms with van der Waals surface area (Å²) in [4.78, 5) is 15.0. The van der Waals surface area contributed by atoms with Crippen molar-refractivity contribution in [3.63, 3.8) is 0 Å². The third-order valence-electron chi connectivity index (χ3n) is 5.94. The number of ether oxygens (including phenoxy) is 1. The molecule has 2 saturated heterocycles. The number of halogens is 1. The monoisotopic (exact) mass is 426 g/mol. The number of sulfonamides is 1. The molecule has 1 aromatic rings. The lowest BCUT2D eigenvalue weighted by Gasteiger charge is -2.38. The van der Waals surface area contributed by atoms with Gasteiger partial charge >= 0.3 is 0 Å². The molecule has 0 aromatic heterocycles. The van der Waals surface area contributed by atoms with E-state index in [4.69, 9.17) is 16.3 Å². The van der Waals surface area contributed by atoms with Crippen LogP contribution in [0.5, 0.6) is 0 Å². The summed E-state index contributed by atoms with van der Waals surface area (Å²) >= 11 is 5.89. The molecule has 28 heavy (non-hydrogen) atoms. The summed E-state index contributed by atoms with van der Waals surface area (Å²) in [5.74, 6) is 0.321. The van der Waals surface area contributed by atoms with Gasteiger partial charge in [0.05, 0.1) is 5.75 Å². The molecule has 1 aliphatic carbocycles. The summed E-state index contributed by atoms with van der Waals surface area (Å²) in [5.41, 5.74) is 0.725. The number of hydrogen-bond acceptors (Lipinski definition) is 4. The van der Waals surface area contributed by atoms with Crippen LogP contribution in [0.1, 0.15) is 37.7 Å². The van der Waals surface area contributed by atoms with Crippen LogP contribution in [0.15, 0.2) is 24.3 Å². The van der Waals surface area contributed by atoms with Gasteiger partial charge in [-0.3, -0.25) is 4.79 Å². The molecule has 1 unspecified atom stereocenters. The average molecular weight is 427 g/mol. The largest absolute Gasteiger partial charge is 0.381 e. The number of rotatable bonds is 6. The van der Waals surface area contributed by atoms with Crippen LogP contribution in [0.2, 0.25) is 5.02 Å². The Balaban J connectivity index is 1.45. The summed E-state index contributed by atoms with van der Waals surface area (Å²) < 4.78 is 32.9. The van der Waals surface area contributed by atoms with Crippen LogP contribution in [-0.2, 0) is 25.3 Å². The maximum Gasteiger partial charge on any atom is 0.226 e. The minimum atomic E-state index is -3.43. The summed E-state index contributed by atoms with van der Waals surface area (Å²) in [6, 6.07) is 7.05. The number of benzene rings is 1. The Bertz CT molecular complexity index is 804. The highest BCUT2D eigenvalue weighted by atomic mass is 35.5. The first-order valence-corrected chi connectivity index (χ1v) is 12.0. The molecule has 0 N–H and O–H groups in total. The first-order valence-electron chi connectivity index (χ1n) is 10.1. The summed E-state index contributed by atoms with van der Waals surface area (Å²) in [6.45, 7) is 2.21. The number of carbonyl (C=O) groups excluding carboxylic acids is 1. The van der Waals surface area contributed by atoms with Crippen molar-refractivity contribution in [3.05, 3.63) is 34.9 Å². The fraction of sp³-hybridized carbons (Fsp3) is 0.650. The molecule has 3 aliphatic rings. The molecule has 2 aliphatic heterocycles. The molecule has 0 bridgehead atoms. The van der Waals surface area contributed by atoms with Gasteiger partial charge in [0, 0.05) is 49.3 Å². The van der Waals surface area contributed by atoms with E-state index in [1.54, 1.807) is 28.6 Å². The highest BCUT2D eigenvalue weighted by molar-refractivity contribution is 7.88. The summed E-state index contributed by atoms with van der Waals surface area (Å²) in [5, 5.41) is 0.591. The van der Waals surface area contributed by atoms with Crippen molar-refractivity contribution < 1.29 is 17.9 Å². The van der Waals surface area contributed by atoms with Crippen LogP contribution in [0.25, 0.3) is 0 Å². The number of nitrogens with zero attached hydrogens (tertiary/aromatic N) is 2. The van der Waals surface area contributed by atoms with Crippen molar-refractivity contribution >= 4 is 27.5 Å². The van der Waals surface area contributed by atoms with E-state index in [9.17, 15) is 13.2 Å². The van der Waals surface area contributed by atoms with Crippen molar-refractivity contribution in [2.75, 3.05) is 26.3 Å². The molecular formula is C20H27ClN2O4S. The highest BCUT2D eigenvalue weighted by Crippen LogP contribution is 2.35. The molecule has 2 heterocycles. The number of hydrogen-bond donors (Lipinski definition) is 0. The van der Waals surface area contributed by atoms with Crippen molar-refractivity contribution in [3.8, 4) is 0 Å². The fourth-order valence-corrected chi connectivity index (χ4v) is 5.94. The first-order chi connectivity index (χ1) is 13.4. The molecule has 6 nitrogen and oxygen atoms in total. The van der Waals surface area contributed by atoms with E-state index in [0.717, 1.165) is 31.2 Å². The van der Waals surface area contributed by atoms with Crippen LogP contribution in [-0.4, -0.2) is 61.9 Å². The Morgan fingerprint density at radius 2 is 1.75 bits per heavy atom. The molecule has 4 rings (SSSR count). The normalized spacial score (nSPS) is 24.4. The van der Waals surface area contributed by atoms with Gasteiger partial charge < -0.3 is 9.64 Å². The van der Waals surface area contributed by atoms with E-state index in [2.05, 4.69) is 0 Å². The van der Waals surface area contributed by atoms with E-state index < -0.39 is 10.0 Å². The van der Waals surface area contributed by atoms with E-state index in [0.29, 0.717) is 37.7 Å². The summed E-state index contributed by atoms with van der Waals surface area (Å²) in [7, 11) is -3.43. The van der Waals surface area contributed by atoms with E-state index in [-0.39, 0.29) is 29.7 Å². The zero-order chi connectivity index (χ0) is 19.7. The van der Waals surface area contributed by atoms with Crippen molar-refractivity contribution in [1.82, 2.24) is 9.21 Å². The Morgan fingerprint density at radius 3 is 2.39 bits per heavy atom. The van der Waals surface area contributed by atoms with Gasteiger partial charge in [-0.2, -0.15) is 4.31 Å². The smallest absolute Gasteiger partial charge is 0.226 e. The number of carbonyl (C=O) groups is 1. The van der Waals surface area contributed by atoms with Crippen LogP contribution >= 0.6 is 11.6 Å². The van der Waals surface area contributed by atoms with Crippen molar-refractivity contribution in [2.45, 2.75) is 49.9 Å². The van der Waals surface area contributed by atoms with E-state index >= 15 is 0 Å². The quantitative estimate of drug-likeness (QED) is 0.701. The number of amides is 1. The Morgan fingerprint density at radius 1 is 1.07 bits per heavy atom. The second-order valence-corrected chi connectivity index (χ2v) is 10.5. The van der Waals surface area contributed by atoms with Gasteiger partial charge in [0.2, 0.25) is 15.9 Å². The third-order valence-corrected chi connectivity index (χ3v) is 8.01. The average Bonchev–Trinajstić information content (AvgIpc) is 3.42. The van der Waals surface area contributed by atoms with Crippen LogP contribution in [0, 0.1) is 5.92 Å². The molecule has 154 valence electrons. The predicted octanol–water partition coefficient (Wildman–Crippen LogP) is 2.66. The first kappa shape index (κ1) is 20.1. The lowest BCUT2D eigenvalue weighted by Crippen LogP contribution is -2.51. The van der Waals surface area contributed by atoms with Gasteiger partial charge in [0.1, 0.15) is 0 Å². The highest BCUT2D eigenvalue weighted by Gasteiger charge is 2.43. The van der Waals surface area contributed by atoms with Gasteiger partial charge in [0.15, 0.2) is 0 Å². The molecule has 1 atom stereocenters. The van der Waals surface area contributed by atoms with Crippen molar-refractivity contribution in [1.29, 1.82) is 0 Å². The fourth-order valence-electron chi connectivity index (χ4n) is 4.24. The molecule has 1 amide bonds. The van der Waals surface area contributed by atoms with Gasteiger partial charge in [-0.1, -0.05) is 23.7 Å². The maximum absolute atomic E-state index is 13.0. The molecule has 3 fully saturated rings. The molecule has 0 spiro atoms. The standard InChI is InChI=1S/C20H27ClN2O4S/c21-17-5-1-15(2-6-17)14-28(25,26)22-10-7-19(13-22)23(20(24)16-3-4-16)18-8-11-27-12-9-18/h1-2,5-6,16,18-19H,3-4,7-14H2. The van der Waals surface area contributed by atoms with Crippen LogP contribution < -0.4 is 0 Å². The maximum atomic E-state index is 13.0. The minimum Gasteiger partial charge on any atom is -0.381 e. The van der Waals surface area contributed by atoms with Gasteiger partial charge in [-0.25, -0.2) is 8.42 Å². The molecule has 8 heteroatoms. The van der Waals surface area contributed by atoms with Crippen molar-refractivity contribution in [2.24, 2.45) is 5.92 Å². The van der Waals surface area contributed by atoms with Crippen LogP contribution in [0.3, 0.4) is 0 Å². The second-order valence-electron chi connectivity index (χ2n) is 8.05. The van der Waals surface area contributed by atoms with Gasteiger partial charge in [-0.15, -0.1) is 0 Å². The molecular weight excluding hydrogens is 400 g/mol. The second kappa shape index (κ2) is 8.30.